The Hall–Kier alpha value is -1.07. The summed E-state index contributed by atoms with van der Waals surface area (Å²) >= 11 is 0. The third-order valence-electron chi connectivity index (χ3n) is 4.96. The number of nitrogens with two attached hydrogens (primary N) is 1. The van der Waals surface area contributed by atoms with Crippen LogP contribution in [0.5, 0.6) is 0 Å². The van der Waals surface area contributed by atoms with Crippen molar-refractivity contribution < 1.29 is 8.42 Å². The highest BCUT2D eigenvalue weighted by atomic mass is 32.2. The van der Waals surface area contributed by atoms with Gasteiger partial charge in [-0.05, 0) is 69.2 Å². The zero-order chi connectivity index (χ0) is 15.9. The lowest BCUT2D eigenvalue weighted by Gasteiger charge is -2.37. The van der Waals surface area contributed by atoms with E-state index in [1.165, 1.54) is 0 Å². The average molecular weight is 310 g/mol. The molecule has 0 saturated carbocycles. The van der Waals surface area contributed by atoms with Crippen LogP contribution in [-0.4, -0.2) is 25.3 Å². The molecule has 1 fully saturated rings. The monoisotopic (exact) mass is 310 g/mol. The predicted octanol–water partition coefficient (Wildman–Crippen LogP) is 3.00. The molecular formula is C16H26N2O2S. The molecule has 1 aliphatic rings. The Morgan fingerprint density at radius 3 is 2.43 bits per heavy atom. The van der Waals surface area contributed by atoms with Crippen LogP contribution in [0.3, 0.4) is 0 Å². The molecule has 118 valence electrons. The quantitative estimate of drug-likeness (QED) is 0.854. The third kappa shape index (κ3) is 2.69. The van der Waals surface area contributed by atoms with Crippen molar-refractivity contribution in [3.8, 4) is 0 Å². The number of piperidine rings is 1. The summed E-state index contributed by atoms with van der Waals surface area (Å²) in [6.07, 6.45) is 2.01. The fourth-order valence-corrected chi connectivity index (χ4v) is 5.48. The summed E-state index contributed by atoms with van der Waals surface area (Å²) in [5.41, 5.74) is 8.95. The first-order valence-corrected chi connectivity index (χ1v) is 9.00. The largest absolute Gasteiger partial charge is 0.398 e. The number of sulfonamides is 1. The zero-order valence-electron chi connectivity index (χ0n) is 13.6. The summed E-state index contributed by atoms with van der Waals surface area (Å²) in [4.78, 5) is 0.404. The van der Waals surface area contributed by atoms with Crippen molar-refractivity contribution in [2.24, 2.45) is 5.92 Å². The molecule has 21 heavy (non-hydrogen) atoms. The molecule has 1 saturated heterocycles. The molecule has 0 aliphatic carbocycles. The van der Waals surface area contributed by atoms with Gasteiger partial charge in [-0.15, -0.1) is 0 Å². The van der Waals surface area contributed by atoms with Crippen molar-refractivity contribution in [3.63, 3.8) is 0 Å². The minimum atomic E-state index is -3.50. The van der Waals surface area contributed by atoms with Crippen molar-refractivity contribution in [1.82, 2.24) is 4.31 Å². The van der Waals surface area contributed by atoms with Gasteiger partial charge in [-0.25, -0.2) is 8.42 Å². The van der Waals surface area contributed by atoms with Gasteiger partial charge in [-0.2, -0.15) is 4.31 Å². The Kier molecular flexibility index (Phi) is 4.36. The maximum Gasteiger partial charge on any atom is 0.243 e. The van der Waals surface area contributed by atoms with Gasteiger partial charge in [-0.1, -0.05) is 6.92 Å². The summed E-state index contributed by atoms with van der Waals surface area (Å²) < 4.78 is 28.0. The summed E-state index contributed by atoms with van der Waals surface area (Å²) in [6.45, 7) is 10.3. The van der Waals surface area contributed by atoms with E-state index in [4.69, 9.17) is 5.73 Å². The van der Waals surface area contributed by atoms with Crippen molar-refractivity contribution in [1.29, 1.82) is 0 Å². The fraction of sp³-hybridized carbons (Fsp3) is 0.625. The van der Waals surface area contributed by atoms with E-state index in [2.05, 4.69) is 6.92 Å². The maximum atomic E-state index is 13.2. The maximum absolute atomic E-state index is 13.2. The highest BCUT2D eigenvalue weighted by molar-refractivity contribution is 7.89. The van der Waals surface area contributed by atoms with Crippen LogP contribution in [0.1, 0.15) is 43.4 Å². The summed E-state index contributed by atoms with van der Waals surface area (Å²) in [5, 5.41) is 0. The van der Waals surface area contributed by atoms with Crippen molar-refractivity contribution >= 4 is 15.7 Å². The van der Waals surface area contributed by atoms with Gasteiger partial charge >= 0.3 is 0 Å². The second-order valence-corrected chi connectivity index (χ2v) is 8.17. The van der Waals surface area contributed by atoms with Gasteiger partial charge in [0.05, 0.1) is 4.90 Å². The van der Waals surface area contributed by atoms with E-state index in [9.17, 15) is 8.42 Å². The van der Waals surface area contributed by atoms with Crippen LogP contribution in [0.4, 0.5) is 5.69 Å². The standard InChI is InChI=1S/C16H26N2O2S/c1-10-7-6-8-18(14(10)5)21(19,20)16-12(3)11(2)9-15(17)13(16)4/h9-10,14H,6-8,17H2,1-5H3. The first-order chi connectivity index (χ1) is 9.67. The highest BCUT2D eigenvalue weighted by Gasteiger charge is 2.36. The normalized spacial score (nSPS) is 24.2. The molecule has 0 amide bonds. The molecule has 1 heterocycles. The summed E-state index contributed by atoms with van der Waals surface area (Å²) in [5.74, 6) is 0.385. The number of rotatable bonds is 2. The molecule has 2 rings (SSSR count). The molecule has 4 nitrogen and oxygen atoms in total. The number of anilines is 1. The van der Waals surface area contributed by atoms with Crippen LogP contribution in [0, 0.1) is 26.7 Å². The molecule has 0 radical (unpaired) electrons. The van der Waals surface area contributed by atoms with Crippen LogP contribution in [0.2, 0.25) is 0 Å². The summed E-state index contributed by atoms with van der Waals surface area (Å²) in [7, 11) is -3.50. The van der Waals surface area contributed by atoms with Gasteiger partial charge in [0, 0.05) is 18.3 Å². The Balaban J connectivity index is 2.60. The highest BCUT2D eigenvalue weighted by Crippen LogP contribution is 2.34. The average Bonchev–Trinajstić information content (AvgIpc) is 2.39. The Morgan fingerprint density at radius 2 is 1.81 bits per heavy atom. The number of aryl methyl sites for hydroxylation is 1. The van der Waals surface area contributed by atoms with Crippen molar-refractivity contribution in [2.75, 3.05) is 12.3 Å². The van der Waals surface area contributed by atoms with Crippen molar-refractivity contribution in [3.05, 3.63) is 22.8 Å². The molecular weight excluding hydrogens is 284 g/mol. The minimum absolute atomic E-state index is 0.0317. The molecule has 5 heteroatoms. The van der Waals surface area contributed by atoms with E-state index in [-0.39, 0.29) is 6.04 Å². The van der Waals surface area contributed by atoms with E-state index < -0.39 is 10.0 Å². The van der Waals surface area contributed by atoms with E-state index in [0.717, 1.165) is 24.0 Å². The van der Waals surface area contributed by atoms with Gasteiger partial charge in [0.15, 0.2) is 0 Å². The van der Waals surface area contributed by atoms with Gasteiger partial charge < -0.3 is 5.73 Å². The lowest BCUT2D eigenvalue weighted by Crippen LogP contribution is -2.46. The second kappa shape index (κ2) is 5.61. The lowest BCUT2D eigenvalue weighted by atomic mass is 9.94. The molecule has 0 aromatic heterocycles. The molecule has 1 aromatic rings. The number of nitrogens with zero attached hydrogens (tertiary/aromatic N) is 1. The van der Waals surface area contributed by atoms with Crippen LogP contribution in [0.15, 0.2) is 11.0 Å². The second-order valence-electron chi connectivity index (χ2n) is 6.34. The third-order valence-corrected chi connectivity index (χ3v) is 7.22. The van der Waals surface area contributed by atoms with Crippen LogP contribution in [0.25, 0.3) is 0 Å². The van der Waals surface area contributed by atoms with Gasteiger partial charge in [0.1, 0.15) is 0 Å². The SMILES string of the molecule is Cc1cc(N)c(C)c(S(=O)(=O)N2CCCC(C)C2C)c1C. The van der Waals surface area contributed by atoms with E-state index >= 15 is 0 Å². The van der Waals surface area contributed by atoms with Gasteiger partial charge in [0.25, 0.3) is 0 Å². The van der Waals surface area contributed by atoms with Gasteiger partial charge in [-0.3, -0.25) is 0 Å². The predicted molar refractivity (Wildman–Crippen MR) is 86.8 cm³/mol. The molecule has 0 spiro atoms. The number of benzene rings is 1. The summed E-state index contributed by atoms with van der Waals surface area (Å²) in [6, 6.07) is 1.88. The van der Waals surface area contributed by atoms with Crippen LogP contribution < -0.4 is 5.73 Å². The molecule has 2 N–H and O–H groups in total. The first-order valence-electron chi connectivity index (χ1n) is 7.56. The van der Waals surface area contributed by atoms with Crippen molar-refractivity contribution in [2.45, 2.75) is 58.4 Å². The van der Waals surface area contributed by atoms with Crippen LogP contribution >= 0.6 is 0 Å². The minimum Gasteiger partial charge on any atom is -0.398 e. The smallest absolute Gasteiger partial charge is 0.243 e. The molecule has 0 bridgehead atoms. The van der Waals surface area contributed by atoms with E-state index in [1.807, 2.05) is 26.8 Å². The topological polar surface area (TPSA) is 63.4 Å². The lowest BCUT2D eigenvalue weighted by molar-refractivity contribution is 0.202. The zero-order valence-corrected chi connectivity index (χ0v) is 14.4. The fourth-order valence-electron chi connectivity index (χ4n) is 3.18. The number of hydrogen-bond acceptors (Lipinski definition) is 3. The number of nitrogen functional groups attached to an aromatic ring is 1. The Labute approximate surface area is 128 Å². The molecule has 2 unspecified atom stereocenters. The molecule has 2 atom stereocenters. The van der Waals surface area contributed by atoms with Crippen LogP contribution in [-0.2, 0) is 10.0 Å². The Morgan fingerprint density at radius 1 is 1.19 bits per heavy atom. The molecule has 1 aliphatic heterocycles. The van der Waals surface area contributed by atoms with Gasteiger partial charge in [0.2, 0.25) is 10.0 Å². The number of hydrogen-bond donors (Lipinski definition) is 1. The van der Waals surface area contributed by atoms with E-state index in [0.29, 0.717) is 28.6 Å². The Bertz CT molecular complexity index is 626. The molecule has 1 aromatic carbocycles. The first kappa shape index (κ1) is 16.3. The van der Waals surface area contributed by atoms with E-state index in [1.54, 1.807) is 11.2 Å².